The number of thiophene rings is 1. The molecule has 0 radical (unpaired) electrons. The SMILES string of the molecule is Cc1ccccc1Nc1ccc(C(=S)c2csc3ccccc23)c(Cl)c1.Cc1ccccc1Nc1ccc(C(=S)c2occ3ccccc23)c(Cl)c1. The highest BCUT2D eigenvalue weighted by molar-refractivity contribution is 7.81. The fourth-order valence-electron chi connectivity index (χ4n) is 5.88. The van der Waals surface area contributed by atoms with Gasteiger partial charge in [-0.25, -0.2) is 0 Å². The predicted molar refractivity (Wildman–Crippen MR) is 231 cm³/mol. The van der Waals surface area contributed by atoms with E-state index >= 15 is 0 Å². The summed E-state index contributed by atoms with van der Waals surface area (Å²) in [4.78, 5) is 1.40. The van der Waals surface area contributed by atoms with Gasteiger partial charge in [0.15, 0.2) is 5.76 Å². The van der Waals surface area contributed by atoms with Gasteiger partial charge in [0.05, 0.1) is 26.0 Å². The van der Waals surface area contributed by atoms with Crippen LogP contribution in [0.5, 0.6) is 0 Å². The van der Waals surface area contributed by atoms with Crippen LogP contribution in [0.25, 0.3) is 20.9 Å². The van der Waals surface area contributed by atoms with Gasteiger partial charge >= 0.3 is 0 Å². The third kappa shape index (κ3) is 7.68. The Bertz CT molecular complexity index is 2410. The molecule has 0 spiro atoms. The highest BCUT2D eigenvalue weighted by Crippen LogP contribution is 2.33. The van der Waals surface area contributed by atoms with Crippen molar-refractivity contribution in [2.45, 2.75) is 13.8 Å². The zero-order chi connectivity index (χ0) is 36.2. The van der Waals surface area contributed by atoms with Crippen molar-refractivity contribution < 1.29 is 4.42 Å². The minimum Gasteiger partial charge on any atom is -0.462 e. The second kappa shape index (κ2) is 15.8. The molecule has 256 valence electrons. The van der Waals surface area contributed by atoms with Gasteiger partial charge < -0.3 is 15.1 Å². The normalized spacial score (nSPS) is 10.8. The van der Waals surface area contributed by atoms with Crippen LogP contribution in [0.4, 0.5) is 22.7 Å². The zero-order valence-corrected chi connectivity index (χ0v) is 32.2. The van der Waals surface area contributed by atoms with Gasteiger partial charge in [0.2, 0.25) is 0 Å². The Morgan fingerprint density at radius 3 is 1.69 bits per heavy atom. The topological polar surface area (TPSA) is 37.2 Å². The van der Waals surface area contributed by atoms with Crippen LogP contribution < -0.4 is 10.6 Å². The number of hydrogen-bond donors (Lipinski definition) is 2. The van der Waals surface area contributed by atoms with E-state index in [2.05, 4.69) is 60.2 Å². The molecule has 3 nitrogen and oxygen atoms in total. The van der Waals surface area contributed by atoms with Crippen LogP contribution in [0.1, 0.15) is 33.6 Å². The van der Waals surface area contributed by atoms with Crippen LogP contribution >= 0.6 is 59.0 Å². The molecule has 6 aromatic carbocycles. The van der Waals surface area contributed by atoms with Crippen molar-refractivity contribution in [3.8, 4) is 0 Å². The van der Waals surface area contributed by atoms with Gasteiger partial charge in [-0.1, -0.05) is 127 Å². The van der Waals surface area contributed by atoms with E-state index in [1.807, 2.05) is 103 Å². The number of nitrogens with one attached hydrogen (secondary N) is 2. The van der Waals surface area contributed by atoms with E-state index in [1.165, 1.54) is 21.2 Å². The Labute approximate surface area is 327 Å². The third-order valence-corrected chi connectivity index (χ3v) is 11.2. The van der Waals surface area contributed by atoms with Crippen LogP contribution in [0.15, 0.2) is 150 Å². The van der Waals surface area contributed by atoms with Crippen molar-refractivity contribution >= 4 is 112 Å². The summed E-state index contributed by atoms with van der Waals surface area (Å²) in [7, 11) is 0. The molecule has 8 heteroatoms. The molecule has 0 fully saturated rings. The summed E-state index contributed by atoms with van der Waals surface area (Å²) in [5.74, 6) is 0.678. The molecule has 0 amide bonds. The first-order chi connectivity index (χ1) is 25.3. The summed E-state index contributed by atoms with van der Waals surface area (Å²) >= 11 is 26.2. The fourth-order valence-corrected chi connectivity index (χ4v) is 8.25. The van der Waals surface area contributed by atoms with Crippen LogP contribution in [-0.2, 0) is 0 Å². The van der Waals surface area contributed by atoms with Crippen LogP contribution in [0.3, 0.4) is 0 Å². The van der Waals surface area contributed by atoms with E-state index in [9.17, 15) is 0 Å². The van der Waals surface area contributed by atoms with E-state index < -0.39 is 0 Å². The van der Waals surface area contributed by atoms with Crippen molar-refractivity contribution in [3.05, 3.63) is 189 Å². The molecule has 0 aliphatic heterocycles. The quantitative estimate of drug-likeness (QED) is 0.119. The molecule has 52 heavy (non-hydrogen) atoms. The summed E-state index contributed by atoms with van der Waals surface area (Å²) in [6.45, 7) is 4.14. The van der Waals surface area contributed by atoms with E-state index in [0.717, 1.165) is 55.1 Å². The molecule has 0 saturated carbocycles. The third-order valence-electron chi connectivity index (χ3n) is 8.72. The molecular weight excluding hydrogens is 740 g/mol. The summed E-state index contributed by atoms with van der Waals surface area (Å²) in [5, 5.41) is 13.4. The number of halogens is 2. The van der Waals surface area contributed by atoms with Gasteiger partial charge in [-0.15, -0.1) is 11.3 Å². The van der Waals surface area contributed by atoms with Crippen molar-refractivity contribution in [1.82, 2.24) is 0 Å². The maximum absolute atomic E-state index is 6.57. The first-order valence-corrected chi connectivity index (χ1v) is 19.0. The predicted octanol–water partition coefficient (Wildman–Crippen LogP) is 14.3. The van der Waals surface area contributed by atoms with Gasteiger partial charge in [0.1, 0.15) is 0 Å². The molecule has 2 aromatic heterocycles. The standard InChI is InChI=1S/C22H16ClNOS.C22H16ClNS2/c1-14-6-2-5-9-20(14)24-16-10-11-18(19(23)12-16)22(26)21-17-8-4-3-7-15(17)13-25-21;1-14-6-2-4-8-20(14)24-15-10-11-17(19(23)12-15)22(25)18-13-26-21-9-5-3-7-16(18)21/h2*2-13,24H,1H3. The summed E-state index contributed by atoms with van der Waals surface area (Å²) < 4.78 is 6.95. The number of thiocarbonyl (C=S) groups is 2. The maximum atomic E-state index is 6.57. The Hall–Kier alpha value is -4.82. The minimum atomic E-state index is 0.592. The molecule has 2 N–H and O–H groups in total. The van der Waals surface area contributed by atoms with Gasteiger partial charge in [-0.2, -0.15) is 0 Å². The second-order valence-electron chi connectivity index (χ2n) is 12.2. The van der Waals surface area contributed by atoms with Crippen molar-refractivity contribution in [3.63, 3.8) is 0 Å². The lowest BCUT2D eigenvalue weighted by atomic mass is 10.0. The van der Waals surface area contributed by atoms with E-state index in [0.29, 0.717) is 20.7 Å². The van der Waals surface area contributed by atoms with E-state index in [1.54, 1.807) is 17.6 Å². The summed E-state index contributed by atoms with van der Waals surface area (Å²) in [6.07, 6.45) is 1.72. The molecule has 0 aliphatic carbocycles. The number of rotatable bonds is 8. The first kappa shape index (κ1) is 35.6. The Kier molecular flexibility index (Phi) is 10.8. The number of para-hydroxylation sites is 2. The zero-order valence-electron chi connectivity index (χ0n) is 28.2. The Morgan fingerprint density at radius 2 is 1.10 bits per heavy atom. The maximum Gasteiger partial charge on any atom is 0.153 e. The monoisotopic (exact) mass is 770 g/mol. The van der Waals surface area contributed by atoms with Crippen molar-refractivity contribution in [2.24, 2.45) is 0 Å². The largest absolute Gasteiger partial charge is 0.462 e. The van der Waals surface area contributed by atoms with Crippen LogP contribution in [-0.4, -0.2) is 9.73 Å². The average molecular weight is 772 g/mol. The lowest BCUT2D eigenvalue weighted by Crippen LogP contribution is -2.01. The van der Waals surface area contributed by atoms with Crippen LogP contribution in [0, 0.1) is 13.8 Å². The minimum absolute atomic E-state index is 0.592. The molecular formula is C44H32Cl2N2OS3. The number of anilines is 4. The molecule has 8 aromatic rings. The smallest absolute Gasteiger partial charge is 0.153 e. The molecule has 0 bridgehead atoms. The number of aryl methyl sites for hydroxylation is 2. The number of benzene rings is 6. The fraction of sp³-hybridized carbons (Fsp3) is 0.0455. The highest BCUT2D eigenvalue weighted by Gasteiger charge is 2.17. The summed E-state index contributed by atoms with van der Waals surface area (Å²) in [6, 6.07) is 44.3. The summed E-state index contributed by atoms with van der Waals surface area (Å²) in [5.41, 5.74) is 9.10. The molecule has 0 aliphatic rings. The molecule has 2 heterocycles. The van der Waals surface area contributed by atoms with Gasteiger partial charge in [0, 0.05) is 65.7 Å². The molecule has 0 saturated heterocycles. The molecule has 0 unspecified atom stereocenters. The average Bonchev–Trinajstić information content (AvgIpc) is 3.79. The van der Waals surface area contributed by atoms with Gasteiger partial charge in [0.25, 0.3) is 0 Å². The highest BCUT2D eigenvalue weighted by atomic mass is 35.5. The first-order valence-electron chi connectivity index (χ1n) is 16.5. The number of furan rings is 1. The van der Waals surface area contributed by atoms with E-state index in [-0.39, 0.29) is 0 Å². The van der Waals surface area contributed by atoms with Crippen molar-refractivity contribution in [2.75, 3.05) is 10.6 Å². The lowest BCUT2D eigenvalue weighted by Gasteiger charge is -2.12. The Balaban J connectivity index is 0.000000162. The van der Waals surface area contributed by atoms with Crippen molar-refractivity contribution in [1.29, 1.82) is 0 Å². The Morgan fingerprint density at radius 1 is 0.577 bits per heavy atom. The second-order valence-corrected chi connectivity index (χ2v) is 14.8. The molecule has 0 atom stereocenters. The number of hydrogen-bond acceptors (Lipinski definition) is 6. The molecule has 8 rings (SSSR count). The van der Waals surface area contributed by atoms with Crippen LogP contribution in [0.2, 0.25) is 10.0 Å². The lowest BCUT2D eigenvalue weighted by molar-refractivity contribution is 0.564. The van der Waals surface area contributed by atoms with Gasteiger partial charge in [-0.05, 0) is 79.6 Å². The van der Waals surface area contributed by atoms with Gasteiger partial charge in [-0.3, -0.25) is 0 Å². The number of fused-ring (bicyclic) bond motifs is 2. The van der Waals surface area contributed by atoms with E-state index in [4.69, 9.17) is 52.1 Å².